The summed E-state index contributed by atoms with van der Waals surface area (Å²) in [7, 11) is 0. The Kier molecular flexibility index (Phi) is 6.66. The standard InChI is InChI=1S/C15H27N5O/c1-2-9-16-11-14-12-20(19-18-14)10-8-15(21)17-13-6-4-3-5-7-13/h12-13,16H,2-11H2,1H3,(H,17,21). The third-order valence-electron chi connectivity index (χ3n) is 3.86. The van der Waals surface area contributed by atoms with E-state index in [0.717, 1.165) is 38.0 Å². The number of nitrogens with one attached hydrogen (secondary N) is 2. The number of hydrogen-bond donors (Lipinski definition) is 2. The molecule has 0 saturated heterocycles. The maximum Gasteiger partial charge on any atom is 0.222 e. The molecule has 1 amide bonds. The number of aryl methyl sites for hydroxylation is 1. The van der Waals surface area contributed by atoms with Gasteiger partial charge in [0.15, 0.2) is 0 Å². The average molecular weight is 293 g/mol. The number of rotatable bonds is 8. The molecule has 0 aromatic carbocycles. The Labute approximate surface area is 126 Å². The van der Waals surface area contributed by atoms with Crippen LogP contribution in [0.2, 0.25) is 0 Å². The molecule has 2 N–H and O–H groups in total. The highest BCUT2D eigenvalue weighted by molar-refractivity contribution is 5.76. The summed E-state index contributed by atoms with van der Waals surface area (Å²) in [5.41, 5.74) is 0.927. The van der Waals surface area contributed by atoms with Crippen LogP contribution in [-0.2, 0) is 17.9 Å². The van der Waals surface area contributed by atoms with Crippen molar-refractivity contribution in [1.29, 1.82) is 0 Å². The molecule has 6 nitrogen and oxygen atoms in total. The Morgan fingerprint density at radius 2 is 2.19 bits per heavy atom. The van der Waals surface area contributed by atoms with Crippen LogP contribution in [-0.4, -0.2) is 33.5 Å². The van der Waals surface area contributed by atoms with Gasteiger partial charge in [0.05, 0.1) is 12.2 Å². The summed E-state index contributed by atoms with van der Waals surface area (Å²) in [5, 5.41) is 14.6. The normalized spacial score (nSPS) is 16.0. The molecule has 0 aliphatic heterocycles. The number of carbonyl (C=O) groups is 1. The fourth-order valence-electron chi connectivity index (χ4n) is 2.68. The monoisotopic (exact) mass is 293 g/mol. The van der Waals surface area contributed by atoms with Crippen LogP contribution in [0.1, 0.15) is 57.6 Å². The number of hydrogen-bond acceptors (Lipinski definition) is 4. The van der Waals surface area contributed by atoms with Gasteiger partial charge in [0.2, 0.25) is 5.91 Å². The second-order valence-corrected chi connectivity index (χ2v) is 5.80. The lowest BCUT2D eigenvalue weighted by atomic mass is 9.95. The third kappa shape index (κ3) is 5.83. The molecule has 118 valence electrons. The lowest BCUT2D eigenvalue weighted by Gasteiger charge is -2.22. The number of aromatic nitrogens is 3. The molecule has 21 heavy (non-hydrogen) atoms. The van der Waals surface area contributed by atoms with Gasteiger partial charge >= 0.3 is 0 Å². The van der Waals surface area contributed by atoms with Crippen molar-refractivity contribution in [1.82, 2.24) is 25.6 Å². The molecular weight excluding hydrogens is 266 g/mol. The molecule has 1 saturated carbocycles. The van der Waals surface area contributed by atoms with E-state index in [1.807, 2.05) is 6.20 Å². The smallest absolute Gasteiger partial charge is 0.222 e. The molecular formula is C15H27N5O. The summed E-state index contributed by atoms with van der Waals surface area (Å²) in [6, 6.07) is 0.385. The Morgan fingerprint density at radius 1 is 1.38 bits per heavy atom. The lowest BCUT2D eigenvalue weighted by Crippen LogP contribution is -2.36. The van der Waals surface area contributed by atoms with Gasteiger partial charge in [-0.3, -0.25) is 9.48 Å². The van der Waals surface area contributed by atoms with Crippen molar-refractivity contribution in [2.75, 3.05) is 6.54 Å². The summed E-state index contributed by atoms with van der Waals surface area (Å²) >= 11 is 0. The first-order valence-corrected chi connectivity index (χ1v) is 8.17. The first-order valence-electron chi connectivity index (χ1n) is 8.17. The van der Waals surface area contributed by atoms with E-state index < -0.39 is 0 Å². The minimum atomic E-state index is 0.128. The third-order valence-corrected chi connectivity index (χ3v) is 3.86. The van der Waals surface area contributed by atoms with E-state index in [1.54, 1.807) is 4.68 Å². The predicted octanol–water partition coefficient (Wildman–Crippen LogP) is 1.62. The number of amides is 1. The van der Waals surface area contributed by atoms with Gasteiger partial charge in [-0.25, -0.2) is 0 Å². The van der Waals surface area contributed by atoms with Gasteiger partial charge in [0.25, 0.3) is 0 Å². The van der Waals surface area contributed by atoms with Gasteiger partial charge in [-0.2, -0.15) is 0 Å². The van der Waals surface area contributed by atoms with Crippen LogP contribution in [0.25, 0.3) is 0 Å². The van der Waals surface area contributed by atoms with Gasteiger partial charge in [-0.15, -0.1) is 5.10 Å². The highest BCUT2D eigenvalue weighted by Gasteiger charge is 2.15. The van der Waals surface area contributed by atoms with E-state index in [2.05, 4.69) is 27.9 Å². The Bertz CT molecular complexity index is 425. The van der Waals surface area contributed by atoms with Crippen LogP contribution in [0.15, 0.2) is 6.20 Å². The first-order chi connectivity index (χ1) is 10.3. The van der Waals surface area contributed by atoms with Crippen molar-refractivity contribution >= 4 is 5.91 Å². The van der Waals surface area contributed by atoms with Crippen molar-refractivity contribution < 1.29 is 4.79 Å². The summed E-state index contributed by atoms with van der Waals surface area (Å²) < 4.78 is 1.75. The fraction of sp³-hybridized carbons (Fsp3) is 0.800. The highest BCUT2D eigenvalue weighted by atomic mass is 16.1. The van der Waals surface area contributed by atoms with Crippen LogP contribution in [0.4, 0.5) is 0 Å². The van der Waals surface area contributed by atoms with Crippen LogP contribution < -0.4 is 10.6 Å². The van der Waals surface area contributed by atoms with E-state index in [-0.39, 0.29) is 5.91 Å². The first kappa shape index (κ1) is 15.9. The van der Waals surface area contributed by atoms with Crippen LogP contribution >= 0.6 is 0 Å². The molecule has 1 aliphatic rings. The van der Waals surface area contributed by atoms with Gasteiger partial charge in [-0.1, -0.05) is 31.4 Å². The molecule has 2 rings (SSSR count). The quantitative estimate of drug-likeness (QED) is 0.714. The van der Waals surface area contributed by atoms with Crippen molar-refractivity contribution in [2.24, 2.45) is 0 Å². The molecule has 1 aliphatic carbocycles. The summed E-state index contributed by atoms with van der Waals surface area (Å²) in [6.45, 7) is 4.45. The number of carbonyl (C=O) groups excluding carboxylic acids is 1. The average Bonchev–Trinajstić information content (AvgIpc) is 2.94. The summed E-state index contributed by atoms with van der Waals surface area (Å²) in [4.78, 5) is 11.9. The zero-order chi connectivity index (χ0) is 14.9. The largest absolute Gasteiger partial charge is 0.353 e. The second-order valence-electron chi connectivity index (χ2n) is 5.80. The van der Waals surface area contributed by atoms with Crippen molar-refractivity contribution in [3.8, 4) is 0 Å². The molecule has 1 heterocycles. The SMILES string of the molecule is CCCNCc1cn(CCC(=O)NC2CCCCC2)nn1. The summed E-state index contributed by atoms with van der Waals surface area (Å²) in [6.07, 6.45) is 9.53. The molecule has 1 aromatic heterocycles. The van der Waals surface area contributed by atoms with Gasteiger partial charge in [-0.05, 0) is 25.8 Å². The summed E-state index contributed by atoms with van der Waals surface area (Å²) in [5.74, 6) is 0.128. The Morgan fingerprint density at radius 3 is 2.95 bits per heavy atom. The maximum absolute atomic E-state index is 11.9. The van der Waals surface area contributed by atoms with Gasteiger partial charge < -0.3 is 10.6 Å². The lowest BCUT2D eigenvalue weighted by molar-refractivity contribution is -0.122. The molecule has 0 bridgehead atoms. The zero-order valence-electron chi connectivity index (χ0n) is 13.0. The molecule has 1 aromatic rings. The molecule has 0 radical (unpaired) electrons. The molecule has 1 fully saturated rings. The van der Waals surface area contributed by atoms with E-state index in [1.165, 1.54) is 19.3 Å². The molecule has 0 spiro atoms. The van der Waals surface area contributed by atoms with Crippen LogP contribution in [0, 0.1) is 0 Å². The van der Waals surface area contributed by atoms with E-state index in [4.69, 9.17) is 0 Å². The van der Waals surface area contributed by atoms with Crippen molar-refractivity contribution in [3.63, 3.8) is 0 Å². The Balaban J connectivity index is 1.66. The van der Waals surface area contributed by atoms with E-state index in [0.29, 0.717) is 19.0 Å². The van der Waals surface area contributed by atoms with Crippen LogP contribution in [0.5, 0.6) is 0 Å². The second kappa shape index (κ2) is 8.77. The van der Waals surface area contributed by atoms with E-state index in [9.17, 15) is 4.79 Å². The van der Waals surface area contributed by atoms with E-state index >= 15 is 0 Å². The fourth-order valence-corrected chi connectivity index (χ4v) is 2.68. The van der Waals surface area contributed by atoms with Gasteiger partial charge in [0.1, 0.15) is 0 Å². The topological polar surface area (TPSA) is 71.8 Å². The molecule has 0 unspecified atom stereocenters. The van der Waals surface area contributed by atoms with Crippen molar-refractivity contribution in [2.45, 2.75) is 71.0 Å². The van der Waals surface area contributed by atoms with Crippen molar-refractivity contribution in [3.05, 3.63) is 11.9 Å². The maximum atomic E-state index is 11.9. The minimum absolute atomic E-state index is 0.128. The van der Waals surface area contributed by atoms with Crippen LogP contribution in [0.3, 0.4) is 0 Å². The predicted molar refractivity (Wildman–Crippen MR) is 81.7 cm³/mol. The highest BCUT2D eigenvalue weighted by Crippen LogP contribution is 2.17. The number of nitrogens with zero attached hydrogens (tertiary/aromatic N) is 3. The molecule has 0 atom stereocenters. The Hall–Kier alpha value is -1.43. The zero-order valence-corrected chi connectivity index (χ0v) is 13.0. The minimum Gasteiger partial charge on any atom is -0.353 e. The van der Waals surface area contributed by atoms with Gasteiger partial charge in [0, 0.05) is 25.2 Å². The molecule has 6 heteroatoms.